The van der Waals surface area contributed by atoms with Crippen LogP contribution < -0.4 is 0 Å². The van der Waals surface area contributed by atoms with E-state index in [9.17, 15) is 23.6 Å². The van der Waals surface area contributed by atoms with Crippen LogP contribution in [0, 0.1) is 10.1 Å². The number of hydrogen-bond donors (Lipinski definition) is 1. The molecule has 0 radical (unpaired) electrons. The Bertz CT molecular complexity index is 785. The Labute approximate surface area is 125 Å². The molecule has 2 rings (SSSR count). The quantitative estimate of drug-likeness (QED) is 0.685. The van der Waals surface area contributed by atoms with Gasteiger partial charge in [-0.25, -0.2) is 8.42 Å². The van der Waals surface area contributed by atoms with Crippen molar-refractivity contribution in [3.05, 3.63) is 52.6 Å². The second-order valence-corrected chi connectivity index (χ2v) is 7.33. The van der Waals surface area contributed by atoms with Crippen LogP contribution in [0.15, 0.2) is 57.2 Å². The Balaban J connectivity index is 2.54. The van der Waals surface area contributed by atoms with E-state index in [4.69, 9.17) is 0 Å². The van der Waals surface area contributed by atoms with Gasteiger partial charge in [0.2, 0.25) is 0 Å². The van der Waals surface area contributed by atoms with Crippen LogP contribution in [0.5, 0.6) is 5.75 Å². The summed E-state index contributed by atoms with van der Waals surface area (Å²) in [6, 6.07) is 10.3. The Morgan fingerprint density at radius 1 is 1.14 bits per heavy atom. The molecular formula is C13H11NO5S2. The van der Waals surface area contributed by atoms with Gasteiger partial charge in [0.1, 0.15) is 10.6 Å². The van der Waals surface area contributed by atoms with Crippen molar-refractivity contribution in [1.82, 2.24) is 0 Å². The van der Waals surface area contributed by atoms with Gasteiger partial charge in [-0.1, -0.05) is 17.8 Å². The average molecular weight is 325 g/mol. The fourth-order valence-electron chi connectivity index (χ4n) is 1.70. The van der Waals surface area contributed by atoms with E-state index in [1.54, 1.807) is 12.1 Å². The van der Waals surface area contributed by atoms with Crippen LogP contribution in [0.25, 0.3) is 0 Å². The molecule has 0 aliphatic rings. The standard InChI is InChI=1S/C13H11NO5S2/c1-21(18,19)12-4-2-3-11(13(12)14(16)17)20-10-7-5-9(15)6-8-10/h2-8,15H,1H3. The zero-order valence-corrected chi connectivity index (χ0v) is 12.5. The summed E-state index contributed by atoms with van der Waals surface area (Å²) < 4.78 is 23.3. The second-order valence-electron chi connectivity index (χ2n) is 4.23. The van der Waals surface area contributed by atoms with E-state index in [0.717, 1.165) is 18.0 Å². The van der Waals surface area contributed by atoms with Crippen molar-refractivity contribution < 1.29 is 18.4 Å². The molecule has 0 atom stereocenters. The number of aromatic hydroxyl groups is 1. The molecule has 0 aliphatic carbocycles. The topological polar surface area (TPSA) is 97.5 Å². The van der Waals surface area contributed by atoms with Crippen molar-refractivity contribution in [3.63, 3.8) is 0 Å². The van der Waals surface area contributed by atoms with Gasteiger partial charge in [-0.2, -0.15) is 0 Å². The van der Waals surface area contributed by atoms with E-state index in [0.29, 0.717) is 4.90 Å². The molecule has 2 aromatic carbocycles. The van der Waals surface area contributed by atoms with Gasteiger partial charge < -0.3 is 5.11 Å². The van der Waals surface area contributed by atoms with E-state index in [1.807, 2.05) is 0 Å². The number of para-hydroxylation sites is 1. The van der Waals surface area contributed by atoms with E-state index >= 15 is 0 Å². The molecule has 6 nitrogen and oxygen atoms in total. The molecule has 0 aliphatic heterocycles. The van der Waals surface area contributed by atoms with Gasteiger partial charge in [-0.05, 0) is 36.4 Å². The van der Waals surface area contributed by atoms with E-state index < -0.39 is 20.4 Å². The first kappa shape index (κ1) is 15.3. The minimum Gasteiger partial charge on any atom is -0.508 e. The first-order valence-corrected chi connectivity index (χ1v) is 8.44. The Kier molecular flexibility index (Phi) is 4.19. The van der Waals surface area contributed by atoms with Gasteiger partial charge in [-0.15, -0.1) is 0 Å². The summed E-state index contributed by atoms with van der Waals surface area (Å²) in [6.07, 6.45) is 0.935. The Hall–Kier alpha value is -2.06. The fourth-order valence-corrected chi connectivity index (χ4v) is 3.58. The van der Waals surface area contributed by atoms with Crippen molar-refractivity contribution in [2.75, 3.05) is 6.26 Å². The van der Waals surface area contributed by atoms with Crippen LogP contribution in [-0.4, -0.2) is 24.7 Å². The predicted octanol–water partition coefficient (Wildman–Crippen LogP) is 2.86. The van der Waals surface area contributed by atoms with Crippen molar-refractivity contribution in [3.8, 4) is 5.75 Å². The highest BCUT2D eigenvalue weighted by molar-refractivity contribution is 7.99. The summed E-state index contributed by atoms with van der Waals surface area (Å²) in [5.74, 6) is 0.0822. The molecule has 0 fully saturated rings. The van der Waals surface area contributed by atoms with Gasteiger partial charge in [0.25, 0.3) is 0 Å². The number of rotatable bonds is 4. The summed E-state index contributed by atoms with van der Waals surface area (Å²) in [4.78, 5) is 11.1. The Morgan fingerprint density at radius 3 is 2.29 bits per heavy atom. The maximum Gasteiger partial charge on any atom is 0.301 e. The average Bonchev–Trinajstić information content (AvgIpc) is 2.40. The lowest BCUT2D eigenvalue weighted by molar-refractivity contribution is -0.390. The van der Waals surface area contributed by atoms with Crippen LogP contribution in [0.3, 0.4) is 0 Å². The smallest absolute Gasteiger partial charge is 0.301 e. The van der Waals surface area contributed by atoms with Crippen LogP contribution in [0.2, 0.25) is 0 Å². The highest BCUT2D eigenvalue weighted by atomic mass is 32.2. The summed E-state index contributed by atoms with van der Waals surface area (Å²) in [5, 5.41) is 20.4. The largest absolute Gasteiger partial charge is 0.508 e. The first-order chi connectivity index (χ1) is 9.79. The fraction of sp³-hybridized carbons (Fsp3) is 0.0769. The molecule has 0 aromatic heterocycles. The number of phenols is 1. The van der Waals surface area contributed by atoms with E-state index in [-0.39, 0.29) is 15.5 Å². The molecule has 0 amide bonds. The third-order valence-corrected chi connectivity index (χ3v) is 4.79. The molecule has 8 heteroatoms. The number of nitro benzene ring substituents is 1. The second kappa shape index (κ2) is 5.74. The van der Waals surface area contributed by atoms with Crippen molar-refractivity contribution in [2.24, 2.45) is 0 Å². The summed E-state index contributed by atoms with van der Waals surface area (Å²) >= 11 is 1.06. The predicted molar refractivity (Wildman–Crippen MR) is 78.4 cm³/mol. The summed E-state index contributed by atoms with van der Waals surface area (Å²) in [5.41, 5.74) is -0.432. The zero-order chi connectivity index (χ0) is 15.6. The highest BCUT2D eigenvalue weighted by Gasteiger charge is 2.26. The van der Waals surface area contributed by atoms with E-state index in [2.05, 4.69) is 0 Å². The van der Waals surface area contributed by atoms with Crippen molar-refractivity contribution in [2.45, 2.75) is 14.7 Å². The van der Waals surface area contributed by atoms with Gasteiger partial charge >= 0.3 is 5.69 Å². The summed E-state index contributed by atoms with van der Waals surface area (Å²) in [7, 11) is -3.69. The molecular weight excluding hydrogens is 314 g/mol. The lowest BCUT2D eigenvalue weighted by Gasteiger charge is -2.06. The minimum atomic E-state index is -3.69. The molecule has 0 bridgehead atoms. The molecule has 0 heterocycles. The van der Waals surface area contributed by atoms with Crippen molar-refractivity contribution >= 4 is 27.3 Å². The van der Waals surface area contributed by atoms with E-state index in [1.165, 1.54) is 30.3 Å². The number of benzene rings is 2. The van der Waals surface area contributed by atoms with Crippen LogP contribution in [0.1, 0.15) is 0 Å². The third-order valence-electron chi connectivity index (χ3n) is 2.61. The molecule has 0 spiro atoms. The maximum absolute atomic E-state index is 11.7. The molecule has 0 unspecified atom stereocenters. The summed E-state index contributed by atoms with van der Waals surface area (Å²) in [6.45, 7) is 0. The van der Waals surface area contributed by atoms with Gasteiger partial charge in [0, 0.05) is 11.2 Å². The lowest BCUT2D eigenvalue weighted by atomic mass is 10.3. The monoisotopic (exact) mass is 325 g/mol. The first-order valence-electron chi connectivity index (χ1n) is 5.73. The van der Waals surface area contributed by atoms with Crippen LogP contribution in [0.4, 0.5) is 5.69 Å². The zero-order valence-electron chi connectivity index (χ0n) is 10.9. The number of sulfone groups is 1. The molecule has 21 heavy (non-hydrogen) atoms. The van der Waals surface area contributed by atoms with Crippen LogP contribution in [-0.2, 0) is 9.84 Å². The number of nitrogens with zero attached hydrogens (tertiary/aromatic N) is 1. The molecule has 110 valence electrons. The van der Waals surface area contributed by atoms with Gasteiger partial charge in [-0.3, -0.25) is 10.1 Å². The minimum absolute atomic E-state index is 0.0822. The molecule has 2 aromatic rings. The number of hydrogen-bond acceptors (Lipinski definition) is 6. The van der Waals surface area contributed by atoms with Gasteiger partial charge in [0.15, 0.2) is 9.84 Å². The highest BCUT2D eigenvalue weighted by Crippen LogP contribution is 2.38. The maximum atomic E-state index is 11.7. The normalized spacial score (nSPS) is 11.3. The van der Waals surface area contributed by atoms with Gasteiger partial charge in [0.05, 0.1) is 9.82 Å². The molecule has 1 N–H and O–H groups in total. The third kappa shape index (κ3) is 3.53. The number of nitro groups is 1. The molecule has 0 saturated carbocycles. The SMILES string of the molecule is CS(=O)(=O)c1cccc(Sc2ccc(O)cc2)c1[N+](=O)[O-]. The Morgan fingerprint density at radius 2 is 1.76 bits per heavy atom. The number of phenolic OH excluding ortho intramolecular Hbond substituents is 1. The molecule has 0 saturated heterocycles. The lowest BCUT2D eigenvalue weighted by Crippen LogP contribution is -2.03. The van der Waals surface area contributed by atoms with Crippen molar-refractivity contribution in [1.29, 1.82) is 0 Å². The van der Waals surface area contributed by atoms with Crippen LogP contribution >= 0.6 is 11.8 Å².